The van der Waals surface area contributed by atoms with E-state index in [1.54, 1.807) is 0 Å². The van der Waals surface area contributed by atoms with Crippen LogP contribution < -0.4 is 0 Å². The van der Waals surface area contributed by atoms with Crippen molar-refractivity contribution >= 4 is 0 Å². The molecule has 0 amide bonds. The summed E-state index contributed by atoms with van der Waals surface area (Å²) in [6.45, 7) is 4.53. The second kappa shape index (κ2) is 4.43. The molecule has 0 spiro atoms. The highest BCUT2D eigenvalue weighted by Gasteiger charge is 2.10. The zero-order chi connectivity index (χ0) is 8.93. The van der Waals surface area contributed by atoms with Crippen molar-refractivity contribution in [2.75, 3.05) is 6.54 Å². The average molecular weight is 173 g/mol. The molecule has 0 aliphatic carbocycles. The molecule has 13 heavy (non-hydrogen) atoms. The third kappa shape index (κ3) is 2.56. The van der Waals surface area contributed by atoms with E-state index in [4.69, 9.17) is 0 Å². The molecule has 1 heteroatoms. The number of hydrogen-bond acceptors (Lipinski definition) is 1. The van der Waals surface area contributed by atoms with Gasteiger partial charge in [0.05, 0.1) is 0 Å². The number of rotatable bonds is 2. The molecular formula is C12H15N. The maximum absolute atomic E-state index is 2.40. The van der Waals surface area contributed by atoms with Crippen LogP contribution in [0.2, 0.25) is 0 Å². The van der Waals surface area contributed by atoms with Gasteiger partial charge in [0.15, 0.2) is 0 Å². The van der Waals surface area contributed by atoms with Gasteiger partial charge < -0.3 is 0 Å². The van der Waals surface area contributed by atoms with Gasteiger partial charge in [-0.1, -0.05) is 30.3 Å². The van der Waals surface area contributed by atoms with Crippen molar-refractivity contribution < 1.29 is 0 Å². The predicted octanol–water partition coefficient (Wildman–Crippen LogP) is 2.65. The first kappa shape index (κ1) is 8.76. The van der Waals surface area contributed by atoms with E-state index in [1.807, 2.05) is 0 Å². The van der Waals surface area contributed by atoms with E-state index in [2.05, 4.69) is 48.2 Å². The number of nitrogens with zero attached hydrogens (tertiary/aromatic N) is 1. The monoisotopic (exact) mass is 173 g/mol. The Morgan fingerprint density at radius 1 is 1.15 bits per heavy atom. The summed E-state index contributed by atoms with van der Waals surface area (Å²) in [7, 11) is 0. The lowest BCUT2D eigenvalue weighted by atomic mass is 10.1. The van der Waals surface area contributed by atoms with Gasteiger partial charge in [0.1, 0.15) is 0 Å². The summed E-state index contributed by atoms with van der Waals surface area (Å²) in [6, 6.07) is 10.6. The molecule has 68 valence electrons. The largest absolute Gasteiger partial charge is 0.295 e. The Bertz CT molecular complexity index is 237. The summed E-state index contributed by atoms with van der Waals surface area (Å²) in [6.07, 6.45) is 4.69. The van der Waals surface area contributed by atoms with Crippen molar-refractivity contribution in [3.05, 3.63) is 48.9 Å². The molecule has 1 aromatic carbocycles. The van der Waals surface area contributed by atoms with Crippen LogP contribution in [-0.4, -0.2) is 11.4 Å². The summed E-state index contributed by atoms with van der Waals surface area (Å²) in [5, 5.41) is 0. The zero-order valence-electron chi connectivity index (χ0n) is 7.82. The van der Waals surface area contributed by atoms with Crippen molar-refractivity contribution in [2.24, 2.45) is 0 Å². The standard InChI is InChI=1S/C12H15N/c1-3-7-12(8-4-1)11-13-9-5-2-6-10-13/h1-4,7-9H,5-6,10-11H2. The van der Waals surface area contributed by atoms with Crippen LogP contribution in [0.4, 0.5) is 0 Å². The Morgan fingerprint density at radius 2 is 2.00 bits per heavy atom. The normalized spacial score (nSPS) is 18.8. The van der Waals surface area contributed by atoms with E-state index in [1.165, 1.54) is 18.5 Å². The topological polar surface area (TPSA) is 3.24 Å². The number of benzene rings is 1. The van der Waals surface area contributed by atoms with Crippen LogP contribution in [0.25, 0.3) is 0 Å². The molecule has 1 saturated heterocycles. The molecule has 1 aliphatic heterocycles. The Balaban J connectivity index is 1.90. The molecule has 0 N–H and O–H groups in total. The summed E-state index contributed by atoms with van der Waals surface area (Å²) in [5.41, 5.74) is 1.40. The van der Waals surface area contributed by atoms with Crippen LogP contribution in [0.5, 0.6) is 0 Å². The van der Waals surface area contributed by atoms with E-state index in [0.29, 0.717) is 0 Å². The molecule has 0 bridgehead atoms. The molecule has 1 heterocycles. The second-order valence-electron chi connectivity index (χ2n) is 3.45. The molecular weight excluding hydrogens is 158 g/mol. The smallest absolute Gasteiger partial charge is 0.0258 e. The fourth-order valence-corrected chi connectivity index (χ4v) is 1.65. The molecule has 0 aromatic heterocycles. The third-order valence-electron chi connectivity index (χ3n) is 2.38. The molecule has 2 radical (unpaired) electrons. The third-order valence-corrected chi connectivity index (χ3v) is 2.38. The van der Waals surface area contributed by atoms with Gasteiger partial charge >= 0.3 is 0 Å². The molecule has 1 fully saturated rings. The molecule has 1 nitrogen and oxygen atoms in total. The first-order chi connectivity index (χ1) is 6.45. The lowest BCUT2D eigenvalue weighted by Crippen LogP contribution is -2.25. The van der Waals surface area contributed by atoms with Gasteiger partial charge in [-0.25, -0.2) is 0 Å². The van der Waals surface area contributed by atoms with Crippen molar-refractivity contribution in [3.8, 4) is 0 Å². The van der Waals surface area contributed by atoms with Gasteiger partial charge in [-0.3, -0.25) is 4.90 Å². The highest BCUT2D eigenvalue weighted by Crippen LogP contribution is 2.14. The van der Waals surface area contributed by atoms with Gasteiger partial charge in [0.2, 0.25) is 0 Å². The van der Waals surface area contributed by atoms with E-state index in [9.17, 15) is 0 Å². The highest BCUT2D eigenvalue weighted by molar-refractivity contribution is 5.14. The molecule has 1 aliphatic rings. The molecule has 1 aromatic rings. The quantitative estimate of drug-likeness (QED) is 0.664. The van der Waals surface area contributed by atoms with Crippen molar-refractivity contribution in [3.63, 3.8) is 0 Å². The summed E-state index contributed by atoms with van der Waals surface area (Å²) < 4.78 is 0. The van der Waals surface area contributed by atoms with Crippen LogP contribution in [0.1, 0.15) is 18.4 Å². The van der Waals surface area contributed by atoms with Gasteiger partial charge in [-0.2, -0.15) is 0 Å². The minimum Gasteiger partial charge on any atom is -0.295 e. The van der Waals surface area contributed by atoms with Gasteiger partial charge in [-0.15, -0.1) is 0 Å². The van der Waals surface area contributed by atoms with Crippen LogP contribution >= 0.6 is 0 Å². The molecule has 0 unspecified atom stereocenters. The molecule has 0 saturated carbocycles. The minimum atomic E-state index is 1.06. The van der Waals surface area contributed by atoms with E-state index < -0.39 is 0 Å². The number of piperidine rings is 1. The lowest BCUT2D eigenvalue weighted by Gasteiger charge is -2.25. The second-order valence-corrected chi connectivity index (χ2v) is 3.45. The fourth-order valence-electron chi connectivity index (χ4n) is 1.65. The summed E-state index contributed by atoms with van der Waals surface area (Å²) in [5.74, 6) is 0. The van der Waals surface area contributed by atoms with E-state index in [-0.39, 0.29) is 0 Å². The molecule has 0 atom stereocenters. The van der Waals surface area contributed by atoms with Crippen molar-refractivity contribution in [2.45, 2.75) is 19.4 Å². The average Bonchev–Trinajstić information content (AvgIpc) is 2.21. The summed E-state index contributed by atoms with van der Waals surface area (Å²) in [4.78, 5) is 2.40. The van der Waals surface area contributed by atoms with Crippen molar-refractivity contribution in [1.82, 2.24) is 4.90 Å². The SMILES string of the molecule is [CH]1C[CH]N(Cc2ccccc2)CC1. The van der Waals surface area contributed by atoms with Crippen LogP contribution in [0.15, 0.2) is 30.3 Å². The van der Waals surface area contributed by atoms with Crippen LogP contribution in [0.3, 0.4) is 0 Å². The van der Waals surface area contributed by atoms with Gasteiger partial charge in [0, 0.05) is 13.1 Å². The predicted molar refractivity (Wildman–Crippen MR) is 54.7 cm³/mol. The lowest BCUT2D eigenvalue weighted by molar-refractivity contribution is 0.300. The minimum absolute atomic E-state index is 1.06. The van der Waals surface area contributed by atoms with E-state index >= 15 is 0 Å². The van der Waals surface area contributed by atoms with Crippen molar-refractivity contribution in [1.29, 1.82) is 0 Å². The van der Waals surface area contributed by atoms with Gasteiger partial charge in [-0.05, 0) is 31.4 Å². The zero-order valence-corrected chi connectivity index (χ0v) is 7.82. The highest BCUT2D eigenvalue weighted by atomic mass is 15.1. The Hall–Kier alpha value is -0.820. The fraction of sp³-hybridized carbons (Fsp3) is 0.333. The van der Waals surface area contributed by atoms with Gasteiger partial charge in [0.25, 0.3) is 0 Å². The first-order valence-corrected chi connectivity index (χ1v) is 4.88. The van der Waals surface area contributed by atoms with Crippen LogP contribution in [-0.2, 0) is 6.54 Å². The molecule has 2 rings (SSSR count). The summed E-state index contributed by atoms with van der Waals surface area (Å²) >= 11 is 0. The first-order valence-electron chi connectivity index (χ1n) is 4.88. The number of likely N-dealkylation sites (tertiary alicyclic amines) is 1. The van der Waals surface area contributed by atoms with Crippen LogP contribution in [0, 0.1) is 13.0 Å². The van der Waals surface area contributed by atoms with E-state index in [0.717, 1.165) is 13.0 Å². The maximum atomic E-state index is 2.40. The Kier molecular flexibility index (Phi) is 2.98. The maximum Gasteiger partial charge on any atom is 0.0258 e. The Morgan fingerprint density at radius 3 is 2.69 bits per heavy atom. The number of hydrogen-bond donors (Lipinski definition) is 0. The Labute approximate surface area is 80.4 Å².